The molecule has 0 heterocycles. The van der Waals surface area contributed by atoms with Crippen molar-refractivity contribution < 1.29 is 19.5 Å². The van der Waals surface area contributed by atoms with Gasteiger partial charge in [-0.2, -0.15) is 0 Å². The molecule has 0 aliphatic heterocycles. The van der Waals surface area contributed by atoms with Gasteiger partial charge in [-0.05, 0) is 25.0 Å². The maximum absolute atomic E-state index is 11.9. The number of carbonyl (C=O) groups excluding carboxylic acids is 2. The lowest BCUT2D eigenvalue weighted by Gasteiger charge is -2.20. The van der Waals surface area contributed by atoms with Crippen LogP contribution >= 0.6 is 0 Å². The number of carbonyl (C=O) groups is 3. The molecule has 0 saturated heterocycles. The standard InChI is InChI=1S/C14H19N3O4/c1-8-5-3-4-6-10(8)11(17-14(15)21)7-12(18)16-9(2)13(19)20/h3-6,9,11H,7H2,1-2H3,(H,16,18)(H,19,20)(H3,15,17,21)/t9-,11?/m1/s1. The van der Waals surface area contributed by atoms with Crippen molar-refractivity contribution >= 4 is 17.9 Å². The van der Waals surface area contributed by atoms with Crippen molar-refractivity contribution in [2.75, 3.05) is 0 Å². The van der Waals surface area contributed by atoms with Crippen LogP contribution in [0.2, 0.25) is 0 Å². The number of aliphatic carboxylic acids is 1. The van der Waals surface area contributed by atoms with E-state index in [1.54, 1.807) is 12.1 Å². The highest BCUT2D eigenvalue weighted by molar-refractivity contribution is 5.84. The van der Waals surface area contributed by atoms with E-state index in [0.717, 1.165) is 11.1 Å². The number of amides is 3. The molecule has 0 fully saturated rings. The van der Waals surface area contributed by atoms with Crippen LogP contribution < -0.4 is 16.4 Å². The van der Waals surface area contributed by atoms with Gasteiger partial charge in [-0.15, -0.1) is 0 Å². The molecule has 0 aliphatic carbocycles. The minimum Gasteiger partial charge on any atom is -0.480 e. The highest BCUT2D eigenvalue weighted by atomic mass is 16.4. The van der Waals surface area contributed by atoms with E-state index in [-0.39, 0.29) is 6.42 Å². The van der Waals surface area contributed by atoms with Crippen LogP contribution in [0.5, 0.6) is 0 Å². The maximum Gasteiger partial charge on any atom is 0.325 e. The Morgan fingerprint density at radius 1 is 1.24 bits per heavy atom. The van der Waals surface area contributed by atoms with E-state index in [1.165, 1.54) is 6.92 Å². The Labute approximate surface area is 122 Å². The van der Waals surface area contributed by atoms with Crippen LogP contribution in [-0.2, 0) is 9.59 Å². The first-order valence-corrected chi connectivity index (χ1v) is 6.45. The SMILES string of the molecule is Cc1ccccc1C(CC(=O)N[C@H](C)C(=O)O)NC(N)=O. The summed E-state index contributed by atoms with van der Waals surface area (Å²) in [7, 11) is 0. The lowest BCUT2D eigenvalue weighted by atomic mass is 9.98. The summed E-state index contributed by atoms with van der Waals surface area (Å²) in [6.45, 7) is 3.22. The molecule has 7 heteroatoms. The molecule has 114 valence electrons. The number of urea groups is 1. The lowest BCUT2D eigenvalue weighted by molar-refractivity contribution is -0.141. The van der Waals surface area contributed by atoms with Gasteiger partial charge in [-0.1, -0.05) is 24.3 Å². The van der Waals surface area contributed by atoms with Crippen molar-refractivity contribution in [3.8, 4) is 0 Å². The van der Waals surface area contributed by atoms with Gasteiger partial charge in [-0.3, -0.25) is 9.59 Å². The second-order valence-electron chi connectivity index (χ2n) is 4.75. The Kier molecular flexibility index (Phi) is 5.71. The molecule has 0 radical (unpaired) electrons. The molecule has 5 N–H and O–H groups in total. The summed E-state index contributed by atoms with van der Waals surface area (Å²) in [5.41, 5.74) is 6.79. The van der Waals surface area contributed by atoms with E-state index < -0.39 is 30.0 Å². The molecule has 7 nitrogen and oxygen atoms in total. The number of carboxylic acids is 1. The Morgan fingerprint density at radius 3 is 2.38 bits per heavy atom. The molecule has 0 aromatic heterocycles. The number of hydrogen-bond acceptors (Lipinski definition) is 3. The third-order valence-corrected chi connectivity index (χ3v) is 3.02. The van der Waals surface area contributed by atoms with Gasteiger partial charge in [-0.25, -0.2) is 4.79 Å². The van der Waals surface area contributed by atoms with Crippen LogP contribution in [0.4, 0.5) is 4.79 Å². The maximum atomic E-state index is 11.9. The van der Waals surface area contributed by atoms with Crippen LogP contribution in [0, 0.1) is 6.92 Å². The average molecular weight is 293 g/mol. The van der Waals surface area contributed by atoms with Crippen molar-refractivity contribution in [2.45, 2.75) is 32.4 Å². The Balaban J connectivity index is 2.85. The third-order valence-electron chi connectivity index (χ3n) is 3.02. The predicted octanol–water partition coefficient (Wildman–Crippen LogP) is 0.684. The van der Waals surface area contributed by atoms with Crippen LogP contribution in [0.1, 0.15) is 30.5 Å². The smallest absolute Gasteiger partial charge is 0.325 e. The lowest BCUT2D eigenvalue weighted by Crippen LogP contribution is -2.41. The third kappa shape index (κ3) is 5.13. The van der Waals surface area contributed by atoms with E-state index in [0.29, 0.717) is 0 Å². The fraction of sp³-hybridized carbons (Fsp3) is 0.357. The van der Waals surface area contributed by atoms with E-state index in [4.69, 9.17) is 10.8 Å². The van der Waals surface area contributed by atoms with Gasteiger partial charge in [0.2, 0.25) is 5.91 Å². The number of hydrogen-bond donors (Lipinski definition) is 4. The van der Waals surface area contributed by atoms with Crippen LogP contribution in [0.3, 0.4) is 0 Å². The molecule has 0 saturated carbocycles. The van der Waals surface area contributed by atoms with Crippen molar-refractivity contribution in [3.63, 3.8) is 0 Å². The molecule has 3 amide bonds. The molecule has 1 rings (SSSR count). The quantitative estimate of drug-likeness (QED) is 0.616. The topological polar surface area (TPSA) is 122 Å². The minimum absolute atomic E-state index is 0.0919. The molecule has 1 aromatic rings. The van der Waals surface area contributed by atoms with Crippen molar-refractivity contribution in [1.29, 1.82) is 0 Å². The second kappa shape index (κ2) is 7.28. The van der Waals surface area contributed by atoms with Gasteiger partial charge in [0.05, 0.1) is 12.5 Å². The van der Waals surface area contributed by atoms with Gasteiger partial charge in [0.1, 0.15) is 6.04 Å². The zero-order valence-corrected chi connectivity index (χ0v) is 11.9. The number of nitrogens with two attached hydrogens (primary N) is 1. The Bertz CT molecular complexity index is 545. The normalized spacial score (nSPS) is 13.0. The van der Waals surface area contributed by atoms with Gasteiger partial charge >= 0.3 is 12.0 Å². The fourth-order valence-electron chi connectivity index (χ4n) is 1.94. The molecule has 21 heavy (non-hydrogen) atoms. The zero-order chi connectivity index (χ0) is 16.0. The number of nitrogens with one attached hydrogen (secondary N) is 2. The number of rotatable bonds is 6. The molecular formula is C14H19N3O4. The van der Waals surface area contributed by atoms with Crippen molar-refractivity contribution in [2.24, 2.45) is 5.73 Å². The summed E-state index contributed by atoms with van der Waals surface area (Å²) < 4.78 is 0. The Morgan fingerprint density at radius 2 is 1.86 bits per heavy atom. The molecule has 2 atom stereocenters. The van der Waals surface area contributed by atoms with Gasteiger partial charge < -0.3 is 21.5 Å². The summed E-state index contributed by atoms with van der Waals surface area (Å²) in [6, 6.07) is 4.91. The van der Waals surface area contributed by atoms with E-state index >= 15 is 0 Å². The Hall–Kier alpha value is -2.57. The molecule has 0 spiro atoms. The molecule has 0 aliphatic rings. The number of primary amides is 1. The second-order valence-corrected chi connectivity index (χ2v) is 4.75. The average Bonchev–Trinajstić information content (AvgIpc) is 2.37. The monoisotopic (exact) mass is 293 g/mol. The van der Waals surface area contributed by atoms with Crippen LogP contribution in [0.15, 0.2) is 24.3 Å². The first-order chi connectivity index (χ1) is 9.81. The molecule has 0 bridgehead atoms. The predicted molar refractivity (Wildman–Crippen MR) is 76.5 cm³/mol. The molecular weight excluding hydrogens is 274 g/mol. The van der Waals surface area contributed by atoms with Gasteiger partial charge in [0, 0.05) is 0 Å². The van der Waals surface area contributed by atoms with Crippen molar-refractivity contribution in [3.05, 3.63) is 35.4 Å². The summed E-state index contributed by atoms with van der Waals surface area (Å²) in [5, 5.41) is 13.6. The van der Waals surface area contributed by atoms with E-state index in [9.17, 15) is 14.4 Å². The summed E-state index contributed by atoms with van der Waals surface area (Å²) in [4.78, 5) is 33.7. The number of benzene rings is 1. The van der Waals surface area contributed by atoms with E-state index in [2.05, 4.69) is 10.6 Å². The zero-order valence-electron chi connectivity index (χ0n) is 11.9. The first-order valence-electron chi connectivity index (χ1n) is 6.45. The summed E-state index contributed by atoms with van der Waals surface area (Å²) in [5.74, 6) is -1.61. The van der Waals surface area contributed by atoms with Crippen molar-refractivity contribution in [1.82, 2.24) is 10.6 Å². The number of aryl methyl sites for hydroxylation is 1. The van der Waals surface area contributed by atoms with E-state index in [1.807, 2.05) is 19.1 Å². The number of carboxylic acid groups (broad SMARTS) is 1. The minimum atomic E-state index is -1.13. The molecule has 1 unspecified atom stereocenters. The van der Waals surface area contributed by atoms with Gasteiger partial charge in [0.15, 0.2) is 0 Å². The fourth-order valence-corrected chi connectivity index (χ4v) is 1.94. The molecule has 1 aromatic carbocycles. The highest BCUT2D eigenvalue weighted by Gasteiger charge is 2.21. The first kappa shape index (κ1) is 16.5. The van der Waals surface area contributed by atoms with Crippen LogP contribution in [-0.4, -0.2) is 29.1 Å². The van der Waals surface area contributed by atoms with Crippen LogP contribution in [0.25, 0.3) is 0 Å². The van der Waals surface area contributed by atoms with Gasteiger partial charge in [0.25, 0.3) is 0 Å². The summed E-state index contributed by atoms with van der Waals surface area (Å²) >= 11 is 0. The highest BCUT2D eigenvalue weighted by Crippen LogP contribution is 2.20. The summed E-state index contributed by atoms with van der Waals surface area (Å²) in [6.07, 6.45) is -0.0919. The largest absolute Gasteiger partial charge is 0.480 e.